The molecule has 6 heteroatoms. The zero-order chi connectivity index (χ0) is 23.6. The maximum absolute atomic E-state index is 12.9. The van der Waals surface area contributed by atoms with Crippen molar-refractivity contribution in [2.24, 2.45) is 0 Å². The predicted octanol–water partition coefficient (Wildman–Crippen LogP) is 5.36. The minimum absolute atomic E-state index is 0.128. The van der Waals surface area contributed by atoms with Crippen LogP contribution in [0, 0.1) is 6.92 Å². The molecule has 2 N–H and O–H groups in total. The van der Waals surface area contributed by atoms with E-state index in [1.807, 2.05) is 68.6 Å². The summed E-state index contributed by atoms with van der Waals surface area (Å²) in [6.07, 6.45) is 3.42. The highest BCUT2D eigenvalue weighted by Gasteiger charge is 2.15. The van der Waals surface area contributed by atoms with E-state index in [1.165, 1.54) is 11.3 Å². The number of benzene rings is 2. The largest absolute Gasteiger partial charge is 0.491 e. The predicted molar refractivity (Wildman–Crippen MR) is 134 cm³/mol. The molecular weight excluding hydrogens is 432 g/mol. The van der Waals surface area contributed by atoms with E-state index in [-0.39, 0.29) is 23.6 Å². The summed E-state index contributed by atoms with van der Waals surface area (Å²) >= 11 is 1.51. The molecule has 172 valence electrons. The topological polar surface area (TPSA) is 67.4 Å². The van der Waals surface area contributed by atoms with Crippen molar-refractivity contribution in [1.82, 2.24) is 10.6 Å². The molecule has 0 saturated carbocycles. The van der Waals surface area contributed by atoms with E-state index in [9.17, 15) is 9.59 Å². The van der Waals surface area contributed by atoms with E-state index in [0.29, 0.717) is 12.1 Å². The van der Waals surface area contributed by atoms with E-state index in [2.05, 4.69) is 16.7 Å². The van der Waals surface area contributed by atoms with Crippen LogP contribution in [0.25, 0.3) is 6.08 Å². The molecule has 2 amide bonds. The summed E-state index contributed by atoms with van der Waals surface area (Å²) in [5, 5.41) is 7.65. The standard InChI is InChI=1S/C27H30N2O3S/c1-19(2)32-23-12-5-9-21(17-23)10-6-14-28-27(31)25(18-24-13-7-15-33-24)29-26(30)22-11-4-8-20(3)16-22/h4-5,7-9,11-13,15-19H,6,10,14H2,1-3H3,(H,28,31)(H,29,30)/b25-18-. The number of nitrogens with one attached hydrogen (secondary N) is 2. The molecule has 0 fully saturated rings. The van der Waals surface area contributed by atoms with Crippen LogP contribution < -0.4 is 15.4 Å². The molecule has 5 nitrogen and oxygen atoms in total. The van der Waals surface area contributed by atoms with Crippen LogP contribution in [0.1, 0.15) is 46.6 Å². The third-order valence-corrected chi connectivity index (χ3v) is 5.62. The summed E-state index contributed by atoms with van der Waals surface area (Å²) in [7, 11) is 0. The Morgan fingerprint density at radius 3 is 2.61 bits per heavy atom. The molecule has 0 spiro atoms. The lowest BCUT2D eigenvalue weighted by atomic mass is 10.1. The number of hydrogen-bond donors (Lipinski definition) is 2. The van der Waals surface area contributed by atoms with E-state index >= 15 is 0 Å². The van der Waals surface area contributed by atoms with Gasteiger partial charge >= 0.3 is 0 Å². The van der Waals surface area contributed by atoms with Gasteiger partial charge in [0.25, 0.3) is 11.8 Å². The van der Waals surface area contributed by atoms with Crippen LogP contribution in [0.5, 0.6) is 5.75 Å². The molecule has 0 radical (unpaired) electrons. The maximum atomic E-state index is 12.9. The van der Waals surface area contributed by atoms with Crippen LogP contribution in [0.15, 0.2) is 71.7 Å². The molecule has 2 aromatic carbocycles. The number of thiophene rings is 1. The van der Waals surface area contributed by atoms with Crippen molar-refractivity contribution in [1.29, 1.82) is 0 Å². The lowest BCUT2D eigenvalue weighted by Crippen LogP contribution is -2.35. The highest BCUT2D eigenvalue weighted by molar-refractivity contribution is 7.10. The maximum Gasteiger partial charge on any atom is 0.267 e. The van der Waals surface area contributed by atoms with Crippen molar-refractivity contribution in [3.8, 4) is 5.75 Å². The molecule has 0 aliphatic carbocycles. The third-order valence-electron chi connectivity index (χ3n) is 4.80. The van der Waals surface area contributed by atoms with Gasteiger partial charge in [-0.2, -0.15) is 0 Å². The number of hydrogen-bond acceptors (Lipinski definition) is 4. The van der Waals surface area contributed by atoms with E-state index in [1.54, 1.807) is 18.2 Å². The molecule has 0 aliphatic rings. The first kappa shape index (κ1) is 24.3. The minimum Gasteiger partial charge on any atom is -0.491 e. The van der Waals surface area contributed by atoms with Crippen molar-refractivity contribution < 1.29 is 14.3 Å². The second kappa shape index (κ2) is 12.0. The van der Waals surface area contributed by atoms with E-state index in [0.717, 1.165) is 34.6 Å². The summed E-state index contributed by atoms with van der Waals surface area (Å²) < 4.78 is 5.75. The lowest BCUT2D eigenvalue weighted by molar-refractivity contribution is -0.117. The van der Waals surface area contributed by atoms with Crippen LogP contribution in [-0.2, 0) is 11.2 Å². The first-order valence-electron chi connectivity index (χ1n) is 11.1. The van der Waals surface area contributed by atoms with Gasteiger partial charge in [0.15, 0.2) is 0 Å². The summed E-state index contributed by atoms with van der Waals surface area (Å²) in [5.41, 5.74) is 2.89. The van der Waals surface area contributed by atoms with E-state index < -0.39 is 0 Å². The molecule has 3 aromatic rings. The van der Waals surface area contributed by atoms with Crippen molar-refractivity contribution in [2.75, 3.05) is 6.54 Å². The van der Waals surface area contributed by atoms with Gasteiger partial charge < -0.3 is 15.4 Å². The van der Waals surface area contributed by atoms with Crippen LogP contribution in [0.2, 0.25) is 0 Å². The van der Waals surface area contributed by atoms with Crippen molar-refractivity contribution in [3.05, 3.63) is 93.3 Å². The Morgan fingerprint density at radius 2 is 1.88 bits per heavy atom. The summed E-state index contributed by atoms with van der Waals surface area (Å²) in [5.74, 6) is 0.242. The fraction of sp³-hybridized carbons (Fsp3) is 0.259. The van der Waals surface area contributed by atoms with Gasteiger partial charge in [0, 0.05) is 17.0 Å². The Bertz CT molecular complexity index is 1100. The summed E-state index contributed by atoms with van der Waals surface area (Å²) in [6.45, 7) is 6.43. The fourth-order valence-electron chi connectivity index (χ4n) is 3.29. The Balaban J connectivity index is 1.59. The minimum atomic E-state index is -0.307. The Morgan fingerprint density at radius 1 is 1.06 bits per heavy atom. The Labute approximate surface area is 199 Å². The number of amides is 2. The normalized spacial score (nSPS) is 11.3. The third kappa shape index (κ3) is 7.91. The van der Waals surface area contributed by atoms with Gasteiger partial charge in [-0.25, -0.2) is 0 Å². The van der Waals surface area contributed by atoms with Gasteiger partial charge in [0.2, 0.25) is 0 Å². The van der Waals surface area contributed by atoms with Gasteiger partial charge in [0.05, 0.1) is 6.10 Å². The second-order valence-electron chi connectivity index (χ2n) is 8.07. The first-order valence-corrected chi connectivity index (χ1v) is 12.0. The van der Waals surface area contributed by atoms with Crippen molar-refractivity contribution >= 4 is 29.2 Å². The molecule has 0 atom stereocenters. The zero-order valence-electron chi connectivity index (χ0n) is 19.3. The van der Waals surface area contributed by atoms with Gasteiger partial charge in [-0.05, 0) is 81.0 Å². The molecule has 0 bridgehead atoms. The van der Waals surface area contributed by atoms with Crippen LogP contribution >= 0.6 is 11.3 Å². The Kier molecular flexibility index (Phi) is 8.84. The summed E-state index contributed by atoms with van der Waals surface area (Å²) in [4.78, 5) is 26.5. The van der Waals surface area contributed by atoms with Crippen LogP contribution in [0.4, 0.5) is 0 Å². The van der Waals surface area contributed by atoms with Gasteiger partial charge in [0.1, 0.15) is 11.4 Å². The quantitative estimate of drug-likeness (QED) is 0.315. The van der Waals surface area contributed by atoms with Gasteiger partial charge in [-0.1, -0.05) is 35.9 Å². The van der Waals surface area contributed by atoms with Crippen LogP contribution in [0.3, 0.4) is 0 Å². The molecular formula is C27H30N2O3S. The number of aryl methyl sites for hydroxylation is 2. The van der Waals surface area contributed by atoms with Crippen LogP contribution in [-0.4, -0.2) is 24.5 Å². The zero-order valence-corrected chi connectivity index (χ0v) is 20.1. The lowest BCUT2D eigenvalue weighted by Gasteiger charge is -2.12. The SMILES string of the molecule is Cc1cccc(C(=O)N/C(=C\c2cccs2)C(=O)NCCCc2cccc(OC(C)C)c2)c1. The summed E-state index contributed by atoms with van der Waals surface area (Å²) in [6, 6.07) is 19.1. The van der Waals surface area contributed by atoms with E-state index in [4.69, 9.17) is 4.74 Å². The highest BCUT2D eigenvalue weighted by Crippen LogP contribution is 2.16. The number of carbonyl (C=O) groups is 2. The van der Waals surface area contributed by atoms with Gasteiger partial charge in [-0.15, -0.1) is 11.3 Å². The molecule has 33 heavy (non-hydrogen) atoms. The number of carbonyl (C=O) groups excluding carboxylic acids is 2. The highest BCUT2D eigenvalue weighted by atomic mass is 32.1. The second-order valence-corrected chi connectivity index (χ2v) is 9.05. The molecule has 0 aliphatic heterocycles. The number of rotatable bonds is 10. The molecule has 0 unspecified atom stereocenters. The molecule has 0 saturated heterocycles. The molecule has 3 rings (SSSR count). The monoisotopic (exact) mass is 462 g/mol. The molecule has 1 heterocycles. The van der Waals surface area contributed by atoms with Gasteiger partial charge in [-0.3, -0.25) is 9.59 Å². The molecule has 1 aromatic heterocycles. The average Bonchev–Trinajstić information content (AvgIpc) is 3.29. The Hall–Kier alpha value is -3.38. The number of ether oxygens (including phenoxy) is 1. The fourth-order valence-corrected chi connectivity index (χ4v) is 3.95. The average molecular weight is 463 g/mol. The smallest absolute Gasteiger partial charge is 0.267 e. The van der Waals surface area contributed by atoms with Crippen molar-refractivity contribution in [3.63, 3.8) is 0 Å². The van der Waals surface area contributed by atoms with Crippen molar-refractivity contribution in [2.45, 2.75) is 39.7 Å². The first-order chi connectivity index (χ1) is 15.9.